The molecule has 6 nitrogen and oxygen atoms in total. The van der Waals surface area contributed by atoms with E-state index >= 15 is 0 Å². The highest BCUT2D eigenvalue weighted by Crippen LogP contribution is 2.30. The highest BCUT2D eigenvalue weighted by molar-refractivity contribution is 7.99. The number of alkyl halides is 3. The molecule has 0 fully saturated rings. The summed E-state index contributed by atoms with van der Waals surface area (Å²) in [6.07, 6.45) is -4.46. The van der Waals surface area contributed by atoms with Crippen LogP contribution in [0.5, 0.6) is 0 Å². The van der Waals surface area contributed by atoms with Gasteiger partial charge in [0.1, 0.15) is 0 Å². The van der Waals surface area contributed by atoms with E-state index in [2.05, 4.69) is 20.8 Å². The third-order valence-corrected chi connectivity index (χ3v) is 5.66. The highest BCUT2D eigenvalue weighted by atomic mass is 32.2. The molecule has 0 spiro atoms. The molecule has 3 rings (SSSR count). The van der Waals surface area contributed by atoms with Crippen LogP contribution in [0.2, 0.25) is 0 Å². The Bertz CT molecular complexity index is 1060. The van der Waals surface area contributed by atoms with Gasteiger partial charge in [-0.15, -0.1) is 10.2 Å². The SMILES string of the molecule is Cc1cccc(C)c1NCc1nnc(SCC(=O)Nc2cccc(C(F)(F)F)c2)n1C. The minimum absolute atomic E-state index is 0.00739. The number of para-hydroxylation sites is 1. The van der Waals surface area contributed by atoms with Crippen LogP contribution in [-0.2, 0) is 24.6 Å². The van der Waals surface area contributed by atoms with E-state index in [0.29, 0.717) is 17.5 Å². The minimum atomic E-state index is -4.46. The molecule has 0 bridgehead atoms. The van der Waals surface area contributed by atoms with Gasteiger partial charge in [0.05, 0.1) is 17.9 Å². The van der Waals surface area contributed by atoms with Crippen molar-refractivity contribution in [3.63, 3.8) is 0 Å². The average molecular weight is 450 g/mol. The Morgan fingerprint density at radius 2 is 1.77 bits per heavy atom. The summed E-state index contributed by atoms with van der Waals surface area (Å²) < 4.78 is 40.2. The van der Waals surface area contributed by atoms with Crippen molar-refractivity contribution in [2.24, 2.45) is 7.05 Å². The zero-order valence-corrected chi connectivity index (χ0v) is 18.1. The van der Waals surface area contributed by atoms with Crippen LogP contribution in [0, 0.1) is 13.8 Å². The third-order valence-electron chi connectivity index (χ3n) is 4.64. The molecule has 2 N–H and O–H groups in total. The summed E-state index contributed by atoms with van der Waals surface area (Å²) in [6, 6.07) is 10.6. The number of halogens is 3. The predicted molar refractivity (Wildman–Crippen MR) is 115 cm³/mol. The number of hydrogen-bond donors (Lipinski definition) is 2. The third kappa shape index (κ3) is 5.78. The van der Waals surface area contributed by atoms with Crippen LogP contribution in [0.15, 0.2) is 47.6 Å². The van der Waals surface area contributed by atoms with Crippen molar-refractivity contribution in [1.82, 2.24) is 14.8 Å². The normalized spacial score (nSPS) is 11.4. The molecule has 0 aliphatic rings. The Labute approximate surface area is 182 Å². The van der Waals surface area contributed by atoms with Crippen LogP contribution in [0.1, 0.15) is 22.5 Å². The lowest BCUT2D eigenvalue weighted by Gasteiger charge is -2.12. The van der Waals surface area contributed by atoms with Crippen LogP contribution >= 0.6 is 11.8 Å². The number of anilines is 2. The fourth-order valence-electron chi connectivity index (χ4n) is 2.99. The van der Waals surface area contributed by atoms with Crippen molar-refractivity contribution in [3.05, 3.63) is 65.0 Å². The maximum atomic E-state index is 12.8. The summed E-state index contributed by atoms with van der Waals surface area (Å²) in [4.78, 5) is 12.2. The number of nitrogens with zero attached hydrogens (tertiary/aromatic N) is 3. The number of hydrogen-bond acceptors (Lipinski definition) is 5. The van der Waals surface area contributed by atoms with Crippen molar-refractivity contribution in [2.45, 2.75) is 31.7 Å². The molecule has 1 aromatic heterocycles. The van der Waals surface area contributed by atoms with E-state index in [1.54, 1.807) is 11.6 Å². The van der Waals surface area contributed by atoms with E-state index in [1.807, 2.05) is 32.0 Å². The number of carbonyl (C=O) groups is 1. The van der Waals surface area contributed by atoms with Gasteiger partial charge in [-0.2, -0.15) is 13.2 Å². The Morgan fingerprint density at radius 3 is 2.45 bits per heavy atom. The lowest BCUT2D eigenvalue weighted by molar-refractivity contribution is -0.137. The van der Waals surface area contributed by atoms with Crippen molar-refractivity contribution >= 4 is 29.0 Å². The Morgan fingerprint density at radius 1 is 1.10 bits per heavy atom. The molecule has 2 aromatic carbocycles. The molecule has 3 aromatic rings. The molecular formula is C21H22F3N5OS. The number of amides is 1. The largest absolute Gasteiger partial charge is 0.416 e. The quantitative estimate of drug-likeness (QED) is 0.508. The Hall–Kier alpha value is -3.01. The monoisotopic (exact) mass is 449 g/mol. The number of thioether (sulfide) groups is 1. The van der Waals surface area contributed by atoms with E-state index < -0.39 is 17.6 Å². The van der Waals surface area contributed by atoms with Crippen molar-refractivity contribution in [1.29, 1.82) is 0 Å². The molecule has 0 atom stereocenters. The number of aryl methyl sites for hydroxylation is 2. The summed E-state index contributed by atoms with van der Waals surface area (Å²) in [5.41, 5.74) is 2.58. The van der Waals surface area contributed by atoms with Gasteiger partial charge in [-0.1, -0.05) is 36.0 Å². The summed E-state index contributed by atoms with van der Waals surface area (Å²) in [7, 11) is 1.80. The van der Waals surface area contributed by atoms with E-state index in [-0.39, 0.29) is 11.4 Å². The van der Waals surface area contributed by atoms with Crippen LogP contribution in [0.4, 0.5) is 24.5 Å². The molecule has 164 valence electrons. The van der Waals surface area contributed by atoms with Gasteiger partial charge in [0.25, 0.3) is 0 Å². The van der Waals surface area contributed by atoms with Gasteiger partial charge in [0.15, 0.2) is 11.0 Å². The molecule has 0 saturated heterocycles. The standard InChI is InChI=1S/C21H22F3N5OS/c1-13-6-4-7-14(2)19(13)25-11-17-27-28-20(29(17)3)31-12-18(30)26-16-9-5-8-15(10-16)21(22,23)24/h4-10,25H,11-12H2,1-3H3,(H,26,30). The van der Waals surface area contributed by atoms with Gasteiger partial charge in [0, 0.05) is 18.4 Å². The maximum Gasteiger partial charge on any atom is 0.416 e. The Balaban J connectivity index is 1.57. The molecule has 0 radical (unpaired) electrons. The zero-order valence-electron chi connectivity index (χ0n) is 17.2. The van der Waals surface area contributed by atoms with Gasteiger partial charge < -0.3 is 15.2 Å². The molecule has 0 unspecified atom stereocenters. The molecule has 31 heavy (non-hydrogen) atoms. The predicted octanol–water partition coefficient (Wildman–Crippen LogP) is 4.79. The first kappa shape index (κ1) is 22.7. The summed E-state index contributed by atoms with van der Waals surface area (Å²) in [6.45, 7) is 4.51. The van der Waals surface area contributed by atoms with E-state index in [4.69, 9.17) is 0 Å². The van der Waals surface area contributed by atoms with Crippen molar-refractivity contribution < 1.29 is 18.0 Å². The molecule has 1 amide bonds. The van der Waals surface area contributed by atoms with Crippen molar-refractivity contribution in [2.75, 3.05) is 16.4 Å². The molecule has 0 aliphatic heterocycles. The fraction of sp³-hybridized carbons (Fsp3) is 0.286. The smallest absolute Gasteiger partial charge is 0.377 e. The molecule has 10 heteroatoms. The summed E-state index contributed by atoms with van der Waals surface area (Å²) in [5.74, 6) is 0.262. The number of rotatable bonds is 7. The van der Waals surface area contributed by atoms with Gasteiger partial charge in [-0.3, -0.25) is 4.79 Å². The van der Waals surface area contributed by atoms with Crippen LogP contribution in [0.25, 0.3) is 0 Å². The number of carbonyl (C=O) groups excluding carboxylic acids is 1. The molecule has 0 aliphatic carbocycles. The second-order valence-electron chi connectivity index (χ2n) is 6.99. The molecule has 0 saturated carbocycles. The summed E-state index contributed by atoms with van der Waals surface area (Å²) in [5, 5.41) is 14.7. The van der Waals surface area contributed by atoms with Crippen LogP contribution in [-0.4, -0.2) is 26.4 Å². The van der Waals surface area contributed by atoms with Gasteiger partial charge in [-0.05, 0) is 43.2 Å². The van der Waals surface area contributed by atoms with Crippen LogP contribution < -0.4 is 10.6 Å². The van der Waals surface area contributed by atoms with Gasteiger partial charge in [-0.25, -0.2) is 0 Å². The second-order valence-corrected chi connectivity index (χ2v) is 7.94. The van der Waals surface area contributed by atoms with Crippen molar-refractivity contribution in [3.8, 4) is 0 Å². The number of aromatic nitrogens is 3. The van der Waals surface area contributed by atoms with E-state index in [0.717, 1.165) is 40.7 Å². The maximum absolute atomic E-state index is 12.8. The van der Waals surface area contributed by atoms with Gasteiger partial charge in [0.2, 0.25) is 5.91 Å². The number of benzene rings is 2. The topological polar surface area (TPSA) is 71.8 Å². The Kier molecular flexibility index (Phi) is 6.89. The lowest BCUT2D eigenvalue weighted by Crippen LogP contribution is -2.15. The lowest BCUT2D eigenvalue weighted by atomic mass is 10.1. The average Bonchev–Trinajstić information content (AvgIpc) is 3.05. The first-order valence-corrected chi connectivity index (χ1v) is 10.4. The van der Waals surface area contributed by atoms with E-state index in [1.165, 1.54) is 12.1 Å². The highest BCUT2D eigenvalue weighted by Gasteiger charge is 2.30. The van der Waals surface area contributed by atoms with Crippen LogP contribution in [0.3, 0.4) is 0 Å². The zero-order chi connectivity index (χ0) is 22.6. The first-order chi connectivity index (χ1) is 14.6. The van der Waals surface area contributed by atoms with E-state index in [9.17, 15) is 18.0 Å². The minimum Gasteiger partial charge on any atom is -0.377 e. The number of nitrogens with one attached hydrogen (secondary N) is 2. The summed E-state index contributed by atoms with van der Waals surface area (Å²) >= 11 is 1.16. The second kappa shape index (κ2) is 9.42. The van der Waals surface area contributed by atoms with Gasteiger partial charge >= 0.3 is 6.18 Å². The fourth-order valence-corrected chi connectivity index (χ4v) is 3.72. The first-order valence-electron chi connectivity index (χ1n) is 9.43. The molecular weight excluding hydrogens is 427 g/mol. The molecule has 1 heterocycles.